The Kier molecular flexibility index (Phi) is 6.84. The minimum Gasteiger partial charge on any atom is -0.370 e. The highest BCUT2D eigenvalue weighted by molar-refractivity contribution is 7.89. The number of sulfonamides is 1. The van der Waals surface area contributed by atoms with Gasteiger partial charge in [-0.3, -0.25) is 4.79 Å². The quantitative estimate of drug-likeness (QED) is 0.740. The normalized spacial score (nSPS) is 16.0. The fourth-order valence-electron chi connectivity index (χ4n) is 2.81. The number of carbonyl (C=O) groups is 1. The maximum absolute atomic E-state index is 12.8. The van der Waals surface area contributed by atoms with Crippen LogP contribution < -0.4 is 14.9 Å². The highest BCUT2D eigenvalue weighted by atomic mass is 32.2. The third kappa shape index (κ3) is 4.95. The average Bonchev–Trinajstić information content (AvgIpc) is 3.13. The Morgan fingerprint density at radius 3 is 2.52 bits per heavy atom. The summed E-state index contributed by atoms with van der Waals surface area (Å²) in [4.78, 5) is 14.7. The van der Waals surface area contributed by atoms with Crippen molar-refractivity contribution >= 4 is 21.6 Å². The maximum Gasteiger partial charge on any atom is 0.251 e. The van der Waals surface area contributed by atoms with Crippen LogP contribution >= 0.6 is 0 Å². The van der Waals surface area contributed by atoms with Crippen molar-refractivity contribution in [1.82, 2.24) is 10.0 Å². The van der Waals surface area contributed by atoms with Gasteiger partial charge in [0.1, 0.15) is 4.90 Å². The molecule has 25 heavy (non-hydrogen) atoms. The number of benzene rings is 1. The molecular weight excluding hydrogens is 338 g/mol. The molecule has 140 valence electrons. The van der Waals surface area contributed by atoms with E-state index in [0.717, 1.165) is 32.4 Å². The Hall–Kier alpha value is -1.60. The molecule has 0 radical (unpaired) electrons. The van der Waals surface area contributed by atoms with E-state index in [-0.39, 0.29) is 16.8 Å². The van der Waals surface area contributed by atoms with Gasteiger partial charge in [-0.2, -0.15) is 0 Å². The summed E-state index contributed by atoms with van der Waals surface area (Å²) in [7, 11) is -3.65. The molecule has 1 heterocycles. The predicted octanol–water partition coefficient (Wildman–Crippen LogP) is 2.50. The van der Waals surface area contributed by atoms with Crippen LogP contribution in [-0.2, 0) is 10.0 Å². The van der Waals surface area contributed by atoms with Gasteiger partial charge >= 0.3 is 0 Å². The zero-order valence-electron chi connectivity index (χ0n) is 15.3. The van der Waals surface area contributed by atoms with Crippen LogP contribution in [0.1, 0.15) is 56.8 Å². The third-order valence-corrected chi connectivity index (χ3v) is 5.98. The van der Waals surface area contributed by atoms with Crippen LogP contribution in [0, 0.1) is 0 Å². The molecule has 1 aromatic rings. The van der Waals surface area contributed by atoms with Crippen molar-refractivity contribution in [3.63, 3.8) is 0 Å². The monoisotopic (exact) mass is 367 g/mol. The summed E-state index contributed by atoms with van der Waals surface area (Å²) in [6.45, 7) is 7.90. The van der Waals surface area contributed by atoms with Gasteiger partial charge < -0.3 is 10.2 Å². The maximum atomic E-state index is 12.8. The molecule has 0 bridgehead atoms. The zero-order valence-corrected chi connectivity index (χ0v) is 16.2. The van der Waals surface area contributed by atoms with E-state index in [1.165, 1.54) is 6.07 Å². The van der Waals surface area contributed by atoms with Gasteiger partial charge in [0.2, 0.25) is 10.0 Å². The predicted molar refractivity (Wildman–Crippen MR) is 101 cm³/mol. The molecule has 1 amide bonds. The molecule has 1 aromatic carbocycles. The fourth-order valence-corrected chi connectivity index (χ4v) is 4.20. The number of amides is 1. The van der Waals surface area contributed by atoms with Crippen LogP contribution in [0.4, 0.5) is 5.69 Å². The number of carbonyl (C=O) groups excluding carboxylic acids is 1. The molecule has 1 saturated heterocycles. The number of nitrogens with one attached hydrogen (secondary N) is 2. The summed E-state index contributed by atoms with van der Waals surface area (Å²) >= 11 is 0. The van der Waals surface area contributed by atoms with Crippen molar-refractivity contribution in [3.8, 4) is 0 Å². The van der Waals surface area contributed by atoms with Gasteiger partial charge in [0.15, 0.2) is 0 Å². The number of nitrogens with zero attached hydrogens (tertiary/aromatic N) is 1. The summed E-state index contributed by atoms with van der Waals surface area (Å²) in [5.41, 5.74) is 1.06. The molecule has 1 atom stereocenters. The van der Waals surface area contributed by atoms with Crippen LogP contribution in [0.15, 0.2) is 23.1 Å². The van der Waals surface area contributed by atoms with Crippen molar-refractivity contribution < 1.29 is 13.2 Å². The van der Waals surface area contributed by atoms with Crippen LogP contribution in [0.5, 0.6) is 0 Å². The number of anilines is 1. The molecule has 0 spiro atoms. The molecule has 0 unspecified atom stereocenters. The van der Waals surface area contributed by atoms with Crippen molar-refractivity contribution in [1.29, 1.82) is 0 Å². The Morgan fingerprint density at radius 2 is 1.92 bits per heavy atom. The lowest BCUT2D eigenvalue weighted by Crippen LogP contribution is -2.33. The smallest absolute Gasteiger partial charge is 0.251 e. The lowest BCUT2D eigenvalue weighted by molar-refractivity contribution is 0.0939. The minimum atomic E-state index is -3.65. The molecule has 1 aliphatic rings. The Labute approximate surface area is 151 Å². The first kappa shape index (κ1) is 19.7. The van der Waals surface area contributed by atoms with E-state index in [1.807, 2.05) is 20.8 Å². The first-order valence-electron chi connectivity index (χ1n) is 9.08. The second kappa shape index (κ2) is 8.67. The Bertz CT molecular complexity index is 698. The van der Waals surface area contributed by atoms with E-state index in [2.05, 4.69) is 14.9 Å². The lowest BCUT2D eigenvalue weighted by Gasteiger charge is -2.22. The standard InChI is InChI=1S/C18H29N3O3S/c1-4-10-19-25(23,24)17-13-15(18(22)20-14(3)5-2)8-9-16(17)21-11-6-7-12-21/h8-9,13-14,19H,4-7,10-12H2,1-3H3,(H,20,22)/t14-/m1/s1. The molecule has 0 aromatic heterocycles. The SMILES string of the molecule is CCCNS(=O)(=O)c1cc(C(=O)N[C@H](C)CC)ccc1N1CCCC1. The molecule has 1 fully saturated rings. The Morgan fingerprint density at radius 1 is 1.24 bits per heavy atom. The van der Waals surface area contributed by atoms with Gasteiger partial charge in [-0.05, 0) is 50.8 Å². The molecule has 2 rings (SSSR count). The first-order valence-corrected chi connectivity index (χ1v) is 10.6. The molecule has 1 aliphatic heterocycles. The van der Waals surface area contributed by atoms with Crippen molar-refractivity contribution in [3.05, 3.63) is 23.8 Å². The fraction of sp³-hybridized carbons (Fsp3) is 0.611. The van der Waals surface area contributed by atoms with Crippen LogP contribution in [0.3, 0.4) is 0 Å². The van der Waals surface area contributed by atoms with Gasteiger partial charge in [-0.25, -0.2) is 13.1 Å². The van der Waals surface area contributed by atoms with E-state index in [1.54, 1.807) is 12.1 Å². The van der Waals surface area contributed by atoms with Gasteiger partial charge in [0.05, 0.1) is 5.69 Å². The van der Waals surface area contributed by atoms with E-state index in [0.29, 0.717) is 24.2 Å². The second-order valence-electron chi connectivity index (χ2n) is 6.56. The average molecular weight is 368 g/mol. The zero-order chi connectivity index (χ0) is 18.4. The molecular formula is C18H29N3O3S. The van der Waals surface area contributed by atoms with Gasteiger partial charge in [-0.1, -0.05) is 13.8 Å². The summed E-state index contributed by atoms with van der Waals surface area (Å²) < 4.78 is 28.1. The third-order valence-electron chi connectivity index (χ3n) is 4.49. The van der Waals surface area contributed by atoms with Gasteiger partial charge in [-0.15, -0.1) is 0 Å². The van der Waals surface area contributed by atoms with E-state index in [9.17, 15) is 13.2 Å². The number of hydrogen-bond acceptors (Lipinski definition) is 4. The highest BCUT2D eigenvalue weighted by Gasteiger charge is 2.25. The van der Waals surface area contributed by atoms with Crippen LogP contribution in [0.2, 0.25) is 0 Å². The van der Waals surface area contributed by atoms with Crippen molar-refractivity contribution in [2.24, 2.45) is 0 Å². The molecule has 0 aliphatic carbocycles. The van der Waals surface area contributed by atoms with Crippen molar-refractivity contribution in [2.75, 3.05) is 24.5 Å². The summed E-state index contributed by atoms with van der Waals surface area (Å²) in [5.74, 6) is -0.241. The summed E-state index contributed by atoms with van der Waals surface area (Å²) in [6, 6.07) is 5.02. The van der Waals surface area contributed by atoms with Crippen LogP contribution in [0.25, 0.3) is 0 Å². The highest BCUT2D eigenvalue weighted by Crippen LogP contribution is 2.29. The summed E-state index contributed by atoms with van der Waals surface area (Å²) in [5, 5.41) is 2.89. The van der Waals surface area contributed by atoms with Gasteiger partial charge in [0, 0.05) is 31.2 Å². The molecule has 2 N–H and O–H groups in total. The molecule has 7 heteroatoms. The number of hydrogen-bond donors (Lipinski definition) is 2. The van der Waals surface area contributed by atoms with E-state index in [4.69, 9.17) is 0 Å². The van der Waals surface area contributed by atoms with E-state index >= 15 is 0 Å². The first-order chi connectivity index (χ1) is 11.9. The second-order valence-corrected chi connectivity index (χ2v) is 8.29. The van der Waals surface area contributed by atoms with Crippen molar-refractivity contribution in [2.45, 2.75) is 57.4 Å². The molecule has 6 nitrogen and oxygen atoms in total. The van der Waals surface area contributed by atoms with Gasteiger partial charge in [0.25, 0.3) is 5.91 Å². The van der Waals surface area contributed by atoms with Crippen LogP contribution in [-0.4, -0.2) is 40.0 Å². The lowest BCUT2D eigenvalue weighted by atomic mass is 10.1. The van der Waals surface area contributed by atoms with E-state index < -0.39 is 10.0 Å². The minimum absolute atomic E-state index is 0.0454. The molecule has 0 saturated carbocycles. The Balaban J connectivity index is 2.40. The summed E-state index contributed by atoms with van der Waals surface area (Å²) in [6.07, 6.45) is 3.64. The topological polar surface area (TPSA) is 78.5 Å². The number of rotatable bonds is 8. The largest absolute Gasteiger partial charge is 0.370 e.